The predicted molar refractivity (Wildman–Crippen MR) is 170 cm³/mol. The molecule has 4 aromatic rings. The normalized spacial score (nSPS) is 12.8. The average Bonchev–Trinajstić information content (AvgIpc) is 2.96. The number of hydrogen-bond donors (Lipinski definition) is 1. The summed E-state index contributed by atoms with van der Waals surface area (Å²) < 4.78 is 0. The summed E-state index contributed by atoms with van der Waals surface area (Å²) in [6.07, 6.45) is 6.42. The summed E-state index contributed by atoms with van der Waals surface area (Å²) in [5.41, 5.74) is 9.06. The summed E-state index contributed by atoms with van der Waals surface area (Å²) in [7, 11) is 0. The SMILES string of the molecule is CCCCCCC(C)c1cc(C(C)(C)c2ccccc2)ccc1Nc1ccc(C(C)(C)c2ccccc2)cc1. The third kappa shape index (κ3) is 6.82. The number of benzene rings is 4. The van der Waals surface area contributed by atoms with Gasteiger partial charge in [0, 0.05) is 22.2 Å². The molecule has 0 aliphatic carbocycles. The number of anilines is 2. The van der Waals surface area contributed by atoms with Crippen molar-refractivity contribution in [1.29, 1.82) is 0 Å². The Labute approximate surface area is 237 Å². The second kappa shape index (κ2) is 12.7. The Bertz CT molecular complexity index is 1300. The molecule has 0 aromatic heterocycles. The van der Waals surface area contributed by atoms with Crippen molar-refractivity contribution >= 4 is 11.4 Å². The maximum atomic E-state index is 3.79. The molecule has 0 radical (unpaired) electrons. The molecule has 1 heteroatoms. The highest BCUT2D eigenvalue weighted by Gasteiger charge is 2.25. The Balaban J connectivity index is 1.62. The van der Waals surface area contributed by atoms with Crippen LogP contribution in [0.2, 0.25) is 0 Å². The van der Waals surface area contributed by atoms with Crippen LogP contribution in [0.15, 0.2) is 103 Å². The van der Waals surface area contributed by atoms with Crippen LogP contribution in [-0.4, -0.2) is 0 Å². The second-order valence-corrected chi connectivity index (χ2v) is 12.2. The minimum Gasteiger partial charge on any atom is -0.355 e. The van der Waals surface area contributed by atoms with Crippen LogP contribution in [0.25, 0.3) is 0 Å². The molecule has 0 amide bonds. The molecule has 204 valence electrons. The minimum atomic E-state index is -0.0544. The molecule has 4 rings (SSSR count). The van der Waals surface area contributed by atoms with Gasteiger partial charge in [-0.15, -0.1) is 0 Å². The van der Waals surface area contributed by atoms with Gasteiger partial charge >= 0.3 is 0 Å². The molecule has 0 heterocycles. The van der Waals surface area contributed by atoms with Crippen molar-refractivity contribution in [3.8, 4) is 0 Å². The van der Waals surface area contributed by atoms with E-state index in [-0.39, 0.29) is 10.8 Å². The number of unbranched alkanes of at least 4 members (excludes halogenated alkanes) is 3. The Morgan fingerprint density at radius 1 is 0.590 bits per heavy atom. The van der Waals surface area contributed by atoms with E-state index in [0.29, 0.717) is 5.92 Å². The van der Waals surface area contributed by atoms with Crippen LogP contribution in [-0.2, 0) is 10.8 Å². The highest BCUT2D eigenvalue weighted by molar-refractivity contribution is 5.66. The van der Waals surface area contributed by atoms with Crippen LogP contribution in [0, 0.1) is 0 Å². The lowest BCUT2D eigenvalue weighted by Crippen LogP contribution is -2.19. The Hall–Kier alpha value is -3.32. The first-order valence-corrected chi connectivity index (χ1v) is 14.9. The fourth-order valence-electron chi connectivity index (χ4n) is 5.67. The standard InChI is InChI=1S/C38H47N/c1-7-8-9-12-17-29(2)35-28-33(38(5,6)31-20-15-11-16-21-31)24-27-36(35)39-34-25-22-32(23-26-34)37(3,4)30-18-13-10-14-19-30/h10-11,13-16,18-29,39H,7-9,12,17H2,1-6H3. The molecule has 0 spiro atoms. The molecular weight excluding hydrogens is 470 g/mol. The molecule has 0 bridgehead atoms. The van der Waals surface area contributed by atoms with E-state index in [9.17, 15) is 0 Å². The van der Waals surface area contributed by atoms with E-state index in [1.165, 1.54) is 65.6 Å². The zero-order chi connectivity index (χ0) is 27.9. The molecule has 39 heavy (non-hydrogen) atoms. The summed E-state index contributed by atoms with van der Waals surface area (Å²) in [6.45, 7) is 14.0. The van der Waals surface area contributed by atoms with Crippen molar-refractivity contribution in [2.45, 2.75) is 90.4 Å². The van der Waals surface area contributed by atoms with Crippen LogP contribution in [0.5, 0.6) is 0 Å². The lowest BCUT2D eigenvalue weighted by Gasteiger charge is -2.29. The number of hydrogen-bond acceptors (Lipinski definition) is 1. The van der Waals surface area contributed by atoms with Crippen LogP contribution < -0.4 is 5.32 Å². The van der Waals surface area contributed by atoms with Gasteiger partial charge < -0.3 is 5.32 Å². The number of rotatable bonds is 12. The largest absolute Gasteiger partial charge is 0.355 e. The molecule has 1 atom stereocenters. The van der Waals surface area contributed by atoms with Crippen molar-refractivity contribution in [1.82, 2.24) is 0 Å². The molecular formula is C38H47N. The molecule has 0 aliphatic rings. The minimum absolute atomic E-state index is 0.0391. The van der Waals surface area contributed by atoms with Gasteiger partial charge in [-0.3, -0.25) is 0 Å². The summed E-state index contributed by atoms with van der Waals surface area (Å²) in [4.78, 5) is 0. The maximum Gasteiger partial charge on any atom is 0.0419 e. The highest BCUT2D eigenvalue weighted by Crippen LogP contribution is 2.38. The van der Waals surface area contributed by atoms with Gasteiger partial charge in [-0.1, -0.05) is 152 Å². The summed E-state index contributed by atoms with van der Waals surface area (Å²) >= 11 is 0. The van der Waals surface area contributed by atoms with Crippen LogP contribution in [0.4, 0.5) is 11.4 Å². The van der Waals surface area contributed by atoms with Gasteiger partial charge in [-0.05, 0) is 58.4 Å². The zero-order valence-corrected chi connectivity index (χ0v) is 24.9. The molecule has 1 unspecified atom stereocenters. The van der Waals surface area contributed by atoms with Crippen molar-refractivity contribution < 1.29 is 0 Å². The number of nitrogens with one attached hydrogen (secondary N) is 1. The average molecular weight is 518 g/mol. The van der Waals surface area contributed by atoms with E-state index in [1.54, 1.807) is 0 Å². The quantitative estimate of drug-likeness (QED) is 0.184. The van der Waals surface area contributed by atoms with Gasteiger partial charge in [-0.2, -0.15) is 0 Å². The van der Waals surface area contributed by atoms with E-state index in [0.717, 1.165) is 5.69 Å². The van der Waals surface area contributed by atoms with Gasteiger partial charge in [0.05, 0.1) is 0 Å². The van der Waals surface area contributed by atoms with Crippen molar-refractivity contribution in [3.63, 3.8) is 0 Å². The van der Waals surface area contributed by atoms with E-state index >= 15 is 0 Å². The van der Waals surface area contributed by atoms with E-state index in [2.05, 4.69) is 150 Å². The topological polar surface area (TPSA) is 12.0 Å². The molecule has 1 N–H and O–H groups in total. The van der Waals surface area contributed by atoms with Gasteiger partial charge in [0.2, 0.25) is 0 Å². The van der Waals surface area contributed by atoms with Gasteiger partial charge in [0.1, 0.15) is 0 Å². The van der Waals surface area contributed by atoms with E-state index in [1.807, 2.05) is 0 Å². The smallest absolute Gasteiger partial charge is 0.0419 e. The molecule has 0 fully saturated rings. The third-order valence-corrected chi connectivity index (χ3v) is 8.67. The van der Waals surface area contributed by atoms with Gasteiger partial charge in [0.25, 0.3) is 0 Å². The fourth-order valence-corrected chi connectivity index (χ4v) is 5.67. The van der Waals surface area contributed by atoms with Gasteiger partial charge in [-0.25, -0.2) is 0 Å². The molecule has 1 nitrogen and oxygen atoms in total. The van der Waals surface area contributed by atoms with Crippen molar-refractivity contribution in [3.05, 3.63) is 131 Å². The highest BCUT2D eigenvalue weighted by atomic mass is 14.9. The van der Waals surface area contributed by atoms with Crippen LogP contribution >= 0.6 is 0 Å². The van der Waals surface area contributed by atoms with Crippen LogP contribution in [0.1, 0.15) is 107 Å². The van der Waals surface area contributed by atoms with Crippen molar-refractivity contribution in [2.75, 3.05) is 5.32 Å². The first kappa shape index (κ1) is 28.7. The molecule has 4 aromatic carbocycles. The molecule has 0 saturated heterocycles. The Morgan fingerprint density at radius 2 is 1.10 bits per heavy atom. The summed E-state index contributed by atoms with van der Waals surface area (Å²) in [6, 6.07) is 37.8. The summed E-state index contributed by atoms with van der Waals surface area (Å²) in [5, 5.41) is 3.79. The van der Waals surface area contributed by atoms with Crippen LogP contribution in [0.3, 0.4) is 0 Å². The summed E-state index contributed by atoms with van der Waals surface area (Å²) in [5.74, 6) is 0.493. The van der Waals surface area contributed by atoms with E-state index < -0.39 is 0 Å². The third-order valence-electron chi connectivity index (χ3n) is 8.67. The lowest BCUT2D eigenvalue weighted by atomic mass is 9.76. The monoisotopic (exact) mass is 517 g/mol. The zero-order valence-electron chi connectivity index (χ0n) is 24.9. The molecule has 0 saturated carbocycles. The lowest BCUT2D eigenvalue weighted by molar-refractivity contribution is 0.578. The molecule has 0 aliphatic heterocycles. The van der Waals surface area contributed by atoms with E-state index in [4.69, 9.17) is 0 Å². The second-order valence-electron chi connectivity index (χ2n) is 12.2. The fraction of sp³-hybridized carbons (Fsp3) is 0.368. The maximum absolute atomic E-state index is 3.79. The predicted octanol–water partition coefficient (Wildman–Crippen LogP) is 11.2. The Kier molecular flexibility index (Phi) is 9.33. The first-order chi connectivity index (χ1) is 18.7. The van der Waals surface area contributed by atoms with Crippen molar-refractivity contribution in [2.24, 2.45) is 0 Å². The first-order valence-electron chi connectivity index (χ1n) is 14.9. The Morgan fingerprint density at radius 3 is 1.67 bits per heavy atom. The van der Waals surface area contributed by atoms with Gasteiger partial charge in [0.15, 0.2) is 0 Å².